The van der Waals surface area contributed by atoms with Gasteiger partial charge in [-0.3, -0.25) is 4.79 Å². The van der Waals surface area contributed by atoms with E-state index in [1.54, 1.807) is 5.32 Å². The molecule has 0 aliphatic carbocycles. The zero-order chi connectivity index (χ0) is 12.3. The van der Waals surface area contributed by atoms with Crippen LogP contribution in [-0.2, 0) is 14.3 Å². The summed E-state index contributed by atoms with van der Waals surface area (Å²) in [7, 11) is 0. The molecule has 0 spiro atoms. The van der Waals surface area contributed by atoms with E-state index in [1.807, 2.05) is 0 Å². The lowest BCUT2D eigenvalue weighted by Crippen LogP contribution is -2.42. The number of carbonyl (C=O) groups excluding carboxylic acids is 1. The first-order valence-electron chi connectivity index (χ1n) is 4.52. The van der Waals surface area contributed by atoms with Crippen LogP contribution >= 0.6 is 0 Å². The molecule has 0 saturated carbocycles. The van der Waals surface area contributed by atoms with Crippen LogP contribution in [-0.4, -0.2) is 42.4 Å². The van der Waals surface area contributed by atoms with Crippen LogP contribution < -0.4 is 5.32 Å². The molecule has 0 aromatic rings. The van der Waals surface area contributed by atoms with Crippen LogP contribution in [0.2, 0.25) is 0 Å². The Bertz CT molecular complexity index is 291. The lowest BCUT2D eigenvalue weighted by molar-refractivity contribution is -0.174. The molecule has 1 aliphatic rings. The highest BCUT2D eigenvalue weighted by Crippen LogP contribution is 2.21. The zero-order valence-corrected chi connectivity index (χ0v) is 8.08. The molecule has 1 aliphatic heterocycles. The van der Waals surface area contributed by atoms with Crippen molar-refractivity contribution in [1.29, 1.82) is 0 Å². The number of carbonyl (C=O) groups is 2. The Morgan fingerprint density at radius 1 is 1.44 bits per heavy atom. The third-order valence-electron chi connectivity index (χ3n) is 2.24. The van der Waals surface area contributed by atoms with E-state index in [0.29, 0.717) is 6.42 Å². The Morgan fingerprint density at radius 2 is 2.06 bits per heavy atom. The first kappa shape index (κ1) is 12.8. The summed E-state index contributed by atoms with van der Waals surface area (Å²) >= 11 is 0. The summed E-state index contributed by atoms with van der Waals surface area (Å²) in [6.07, 6.45) is -5.78. The Hall–Kier alpha value is -1.31. The van der Waals surface area contributed by atoms with Crippen LogP contribution in [0.1, 0.15) is 6.42 Å². The van der Waals surface area contributed by atoms with Crippen LogP contribution in [0.5, 0.6) is 0 Å². The molecule has 8 heteroatoms. The Kier molecular flexibility index (Phi) is 3.74. The number of carboxylic acid groups (broad SMARTS) is 1. The van der Waals surface area contributed by atoms with Gasteiger partial charge in [0.05, 0.1) is 0 Å². The lowest BCUT2D eigenvalue weighted by atomic mass is 10.0. The number of ether oxygens (including phenoxy) is 1. The molecule has 2 atom stereocenters. The third kappa shape index (κ3) is 3.09. The van der Waals surface area contributed by atoms with E-state index in [2.05, 4.69) is 0 Å². The highest BCUT2D eigenvalue weighted by molar-refractivity contribution is 5.81. The molecule has 1 amide bonds. The number of rotatable bonds is 3. The second-order valence-electron chi connectivity index (χ2n) is 3.39. The van der Waals surface area contributed by atoms with Crippen molar-refractivity contribution in [2.45, 2.75) is 18.7 Å². The molecule has 1 fully saturated rings. The van der Waals surface area contributed by atoms with E-state index < -0.39 is 30.1 Å². The Balaban J connectivity index is 2.43. The molecular weight excluding hydrogens is 231 g/mol. The fraction of sp³-hybridized carbons (Fsp3) is 0.750. The number of amides is 1. The van der Waals surface area contributed by atoms with Gasteiger partial charge < -0.3 is 15.2 Å². The maximum atomic E-state index is 11.8. The molecule has 92 valence electrons. The number of hydrogen-bond donors (Lipinski definition) is 2. The van der Waals surface area contributed by atoms with E-state index in [4.69, 9.17) is 9.84 Å². The highest BCUT2D eigenvalue weighted by Gasteiger charge is 2.40. The highest BCUT2D eigenvalue weighted by atomic mass is 19.4. The van der Waals surface area contributed by atoms with Crippen LogP contribution in [0.3, 0.4) is 0 Å². The van der Waals surface area contributed by atoms with Gasteiger partial charge >= 0.3 is 18.1 Å². The van der Waals surface area contributed by atoms with Gasteiger partial charge in [-0.1, -0.05) is 0 Å². The van der Waals surface area contributed by atoms with Gasteiger partial charge in [-0.2, -0.15) is 13.2 Å². The van der Waals surface area contributed by atoms with Crippen molar-refractivity contribution >= 4 is 11.9 Å². The van der Waals surface area contributed by atoms with E-state index in [0.717, 1.165) is 0 Å². The minimum atomic E-state index is -4.95. The van der Waals surface area contributed by atoms with Crippen molar-refractivity contribution in [3.8, 4) is 0 Å². The largest absolute Gasteiger partial charge is 0.479 e. The monoisotopic (exact) mass is 241 g/mol. The molecule has 0 radical (unpaired) electrons. The quantitative estimate of drug-likeness (QED) is 0.737. The van der Waals surface area contributed by atoms with E-state index in [-0.39, 0.29) is 13.2 Å². The van der Waals surface area contributed by atoms with Gasteiger partial charge in [-0.15, -0.1) is 0 Å². The molecule has 0 bridgehead atoms. The van der Waals surface area contributed by atoms with Crippen molar-refractivity contribution in [3.63, 3.8) is 0 Å². The average Bonchev–Trinajstić information content (AvgIpc) is 2.60. The second kappa shape index (κ2) is 4.69. The lowest BCUT2D eigenvalue weighted by Gasteiger charge is -2.15. The molecule has 2 N–H and O–H groups in total. The molecule has 1 heterocycles. The van der Waals surface area contributed by atoms with Crippen molar-refractivity contribution in [3.05, 3.63) is 0 Å². The smallest absolute Gasteiger partial charge is 0.471 e. The van der Waals surface area contributed by atoms with E-state index in [1.165, 1.54) is 0 Å². The molecule has 16 heavy (non-hydrogen) atoms. The fourth-order valence-electron chi connectivity index (χ4n) is 1.44. The zero-order valence-electron chi connectivity index (χ0n) is 8.08. The van der Waals surface area contributed by atoms with Gasteiger partial charge in [0, 0.05) is 19.1 Å². The number of halogens is 3. The topological polar surface area (TPSA) is 75.6 Å². The third-order valence-corrected chi connectivity index (χ3v) is 2.24. The van der Waals surface area contributed by atoms with Crippen molar-refractivity contribution in [1.82, 2.24) is 5.32 Å². The number of nitrogens with one attached hydrogen (secondary N) is 1. The first-order valence-corrected chi connectivity index (χ1v) is 4.52. The summed E-state index contributed by atoms with van der Waals surface area (Å²) < 4.78 is 40.3. The van der Waals surface area contributed by atoms with Crippen molar-refractivity contribution < 1.29 is 32.6 Å². The van der Waals surface area contributed by atoms with Crippen molar-refractivity contribution in [2.75, 3.05) is 13.2 Å². The van der Waals surface area contributed by atoms with Crippen molar-refractivity contribution in [2.24, 2.45) is 5.92 Å². The molecule has 0 unspecified atom stereocenters. The average molecular weight is 241 g/mol. The second-order valence-corrected chi connectivity index (χ2v) is 3.39. The van der Waals surface area contributed by atoms with Crippen LogP contribution in [0, 0.1) is 5.92 Å². The summed E-state index contributed by atoms with van der Waals surface area (Å²) in [6, 6.07) is 0. The first-order chi connectivity index (χ1) is 7.32. The summed E-state index contributed by atoms with van der Waals surface area (Å²) in [4.78, 5) is 21.1. The Morgan fingerprint density at radius 3 is 2.56 bits per heavy atom. The van der Waals surface area contributed by atoms with Crippen LogP contribution in [0.15, 0.2) is 0 Å². The minimum absolute atomic E-state index is 0.170. The van der Waals surface area contributed by atoms with Gasteiger partial charge in [0.2, 0.25) is 0 Å². The van der Waals surface area contributed by atoms with Crippen LogP contribution in [0.25, 0.3) is 0 Å². The Labute approximate surface area is 88.6 Å². The SMILES string of the molecule is O=C(O)[C@@H]1OCC[C@@H]1CNC(=O)C(F)(F)F. The maximum absolute atomic E-state index is 11.8. The number of aliphatic carboxylic acids is 1. The predicted molar refractivity (Wildman–Crippen MR) is 44.5 cm³/mol. The number of alkyl halides is 3. The van der Waals surface area contributed by atoms with Gasteiger partial charge in [0.1, 0.15) is 0 Å². The number of hydrogen-bond acceptors (Lipinski definition) is 3. The number of carboxylic acids is 1. The van der Waals surface area contributed by atoms with Crippen LogP contribution in [0.4, 0.5) is 13.2 Å². The molecule has 1 saturated heterocycles. The van der Waals surface area contributed by atoms with E-state index >= 15 is 0 Å². The fourth-order valence-corrected chi connectivity index (χ4v) is 1.44. The maximum Gasteiger partial charge on any atom is 0.471 e. The van der Waals surface area contributed by atoms with Gasteiger partial charge in [-0.05, 0) is 6.42 Å². The normalized spacial score (nSPS) is 25.4. The summed E-state index contributed by atoms with van der Waals surface area (Å²) in [5, 5.41) is 10.3. The molecule has 0 aromatic heterocycles. The summed E-state index contributed by atoms with van der Waals surface area (Å²) in [6.45, 7) is -0.182. The standard InChI is InChI=1S/C8H10F3NO4/c9-8(10,11)7(15)12-3-4-1-2-16-5(4)6(13)14/h4-5H,1-3H2,(H,12,15)(H,13,14)/t4-,5-/m1/s1. The van der Waals surface area contributed by atoms with Gasteiger partial charge in [0.25, 0.3) is 0 Å². The molecule has 5 nitrogen and oxygen atoms in total. The molecule has 1 rings (SSSR count). The summed E-state index contributed by atoms with van der Waals surface area (Å²) in [5.74, 6) is -3.92. The molecule has 0 aromatic carbocycles. The molecular formula is C8H10F3NO4. The van der Waals surface area contributed by atoms with Gasteiger partial charge in [-0.25, -0.2) is 4.79 Å². The predicted octanol–water partition coefficient (Wildman–Crippen LogP) is 0.155. The minimum Gasteiger partial charge on any atom is -0.479 e. The van der Waals surface area contributed by atoms with Gasteiger partial charge in [0.15, 0.2) is 6.10 Å². The summed E-state index contributed by atoms with van der Waals surface area (Å²) in [5.41, 5.74) is 0. The van der Waals surface area contributed by atoms with E-state index in [9.17, 15) is 22.8 Å².